The first-order chi connectivity index (χ1) is 15.5. The molecule has 0 aliphatic heterocycles. The summed E-state index contributed by atoms with van der Waals surface area (Å²) in [4.78, 5) is 12.8. The maximum Gasteiger partial charge on any atom is 1.00 e. The number of hydrogen-bond donors (Lipinski definition) is 1. The SMILES string of the molecule is CCS(=O)(=O)CCN(c1cc(Br)c(C(=O)c2ccc(F)cc2Cl)cc1Cl)[SH](=O)=O.O=S(=O)([O-])[O-].[Na+].[Na+]. The summed E-state index contributed by atoms with van der Waals surface area (Å²) in [6, 6.07) is 5.85. The fourth-order valence-electron chi connectivity index (χ4n) is 2.39. The Morgan fingerprint density at radius 3 is 2.00 bits per heavy atom. The molecule has 10 nitrogen and oxygen atoms in total. The van der Waals surface area contributed by atoms with Gasteiger partial charge in [0.2, 0.25) is 10.9 Å². The summed E-state index contributed by atoms with van der Waals surface area (Å²) in [5.41, 5.74) is 0.135. The van der Waals surface area contributed by atoms with E-state index in [1.165, 1.54) is 25.1 Å². The van der Waals surface area contributed by atoms with Crippen molar-refractivity contribution in [1.82, 2.24) is 0 Å². The second kappa shape index (κ2) is 16.7. The molecule has 0 N–H and O–H groups in total. The molecule has 0 atom stereocenters. The number of hydrogen-bond acceptors (Lipinski definition) is 9. The van der Waals surface area contributed by atoms with E-state index in [0.29, 0.717) is 0 Å². The van der Waals surface area contributed by atoms with Gasteiger partial charge in [-0.15, -0.1) is 0 Å². The zero-order valence-corrected chi connectivity index (χ0v) is 28.5. The monoisotopic (exact) mass is 687 g/mol. The molecule has 0 fully saturated rings. The second-order valence-electron chi connectivity index (χ2n) is 6.24. The van der Waals surface area contributed by atoms with Crippen LogP contribution in [-0.4, -0.2) is 58.2 Å². The van der Waals surface area contributed by atoms with Crippen LogP contribution in [0.1, 0.15) is 22.8 Å². The van der Waals surface area contributed by atoms with Gasteiger partial charge in [0, 0.05) is 38.3 Å². The number of rotatable bonds is 8. The van der Waals surface area contributed by atoms with Crippen LogP contribution in [0, 0.1) is 5.82 Å². The minimum absolute atomic E-state index is 0. The molecule has 190 valence electrons. The van der Waals surface area contributed by atoms with Crippen molar-refractivity contribution in [3.05, 3.63) is 61.8 Å². The van der Waals surface area contributed by atoms with Crippen LogP contribution in [0.5, 0.6) is 0 Å². The van der Waals surface area contributed by atoms with E-state index in [1.807, 2.05) is 0 Å². The number of anilines is 1. The molecular formula is C17H15BrCl2FNNa2O9S3. The molecule has 0 aliphatic carbocycles. The predicted octanol–water partition coefficient (Wildman–Crippen LogP) is -3.44. The molecular weight excluding hydrogens is 674 g/mol. The molecule has 0 amide bonds. The average molecular weight is 689 g/mol. The molecule has 0 saturated carbocycles. The molecule has 0 spiro atoms. The van der Waals surface area contributed by atoms with Crippen molar-refractivity contribution in [3.63, 3.8) is 0 Å². The van der Waals surface area contributed by atoms with E-state index in [0.717, 1.165) is 16.4 Å². The molecule has 0 saturated heterocycles. The fraction of sp³-hybridized carbons (Fsp3) is 0.235. The van der Waals surface area contributed by atoms with Crippen molar-refractivity contribution >= 4 is 81.7 Å². The van der Waals surface area contributed by atoms with Gasteiger partial charge in [-0.3, -0.25) is 17.5 Å². The first-order valence-corrected chi connectivity index (χ1v) is 14.6. The number of thiol groups is 1. The van der Waals surface area contributed by atoms with Crippen LogP contribution in [-0.2, 0) is 31.1 Å². The van der Waals surface area contributed by atoms with Gasteiger partial charge >= 0.3 is 59.1 Å². The largest absolute Gasteiger partial charge is 1.00 e. The molecule has 2 aromatic carbocycles. The second-order valence-corrected chi connectivity index (χ2v) is 12.2. The third kappa shape index (κ3) is 13.2. The molecule has 0 radical (unpaired) electrons. The number of benzene rings is 2. The fourth-order valence-corrected chi connectivity index (χ4v) is 4.97. The normalized spacial score (nSPS) is 11.0. The van der Waals surface area contributed by atoms with Gasteiger partial charge in [-0.25, -0.2) is 21.2 Å². The van der Waals surface area contributed by atoms with Gasteiger partial charge in [-0.05, 0) is 46.3 Å². The number of halogens is 4. The van der Waals surface area contributed by atoms with Gasteiger partial charge in [-0.1, -0.05) is 30.1 Å². The van der Waals surface area contributed by atoms with Crippen LogP contribution in [0.15, 0.2) is 34.8 Å². The summed E-state index contributed by atoms with van der Waals surface area (Å²) in [6.07, 6.45) is 0. The summed E-state index contributed by atoms with van der Waals surface area (Å²) in [7, 11) is -11.8. The molecule has 0 bridgehead atoms. The van der Waals surface area contributed by atoms with Crippen LogP contribution in [0.4, 0.5) is 10.1 Å². The zero-order valence-electron chi connectivity index (χ0n) is 18.9. The number of nitrogens with zero attached hydrogens (tertiary/aromatic N) is 1. The molecule has 0 aliphatic rings. The quantitative estimate of drug-likeness (QED) is 0.0976. The number of sulfone groups is 1. The summed E-state index contributed by atoms with van der Waals surface area (Å²) in [5.74, 6) is -1.66. The Morgan fingerprint density at radius 2 is 1.56 bits per heavy atom. The van der Waals surface area contributed by atoms with E-state index in [1.54, 1.807) is 0 Å². The van der Waals surface area contributed by atoms with E-state index in [4.69, 9.17) is 40.7 Å². The Morgan fingerprint density at radius 1 is 1.03 bits per heavy atom. The van der Waals surface area contributed by atoms with E-state index < -0.39 is 42.7 Å². The molecule has 0 unspecified atom stereocenters. The zero-order chi connectivity index (χ0) is 26.4. The van der Waals surface area contributed by atoms with Crippen LogP contribution < -0.4 is 63.4 Å². The Kier molecular flexibility index (Phi) is 18.0. The topological polar surface area (TPSA) is 169 Å². The summed E-state index contributed by atoms with van der Waals surface area (Å²) < 4.78 is 95.1. The maximum atomic E-state index is 13.2. The van der Waals surface area contributed by atoms with E-state index in [2.05, 4.69) is 15.9 Å². The molecule has 2 rings (SSSR count). The summed E-state index contributed by atoms with van der Waals surface area (Å²) in [5, 5.41) is -0.168. The predicted molar refractivity (Wildman–Crippen MR) is 126 cm³/mol. The van der Waals surface area contributed by atoms with Crippen molar-refractivity contribution in [2.75, 3.05) is 22.4 Å². The van der Waals surface area contributed by atoms with E-state index >= 15 is 0 Å². The van der Waals surface area contributed by atoms with Gasteiger partial charge in [0.15, 0.2) is 15.6 Å². The van der Waals surface area contributed by atoms with Crippen molar-refractivity contribution in [1.29, 1.82) is 0 Å². The average Bonchev–Trinajstić information content (AvgIpc) is 2.68. The van der Waals surface area contributed by atoms with Crippen molar-refractivity contribution < 1.29 is 103 Å². The van der Waals surface area contributed by atoms with Crippen molar-refractivity contribution in [2.24, 2.45) is 0 Å². The molecule has 19 heteroatoms. The number of carbonyl (C=O) groups excluding carboxylic acids is 1. The van der Waals surface area contributed by atoms with Crippen LogP contribution in [0.3, 0.4) is 0 Å². The van der Waals surface area contributed by atoms with Gasteiger partial charge < -0.3 is 9.11 Å². The molecule has 0 heterocycles. The minimum Gasteiger partial charge on any atom is -0.759 e. The van der Waals surface area contributed by atoms with Crippen molar-refractivity contribution in [3.8, 4) is 0 Å². The first-order valence-electron chi connectivity index (χ1n) is 8.74. The number of ketones is 1. The maximum absolute atomic E-state index is 13.2. The van der Waals surface area contributed by atoms with Crippen LogP contribution >= 0.6 is 39.1 Å². The third-order valence-corrected chi connectivity index (χ3v) is 7.75. The standard InChI is InChI=1S/C17H15BrCl2FNO5S2.2Na.H2O4S/c1-2-29(26,27)6-5-22(28(24)25)16-9-13(18)12(8-15(16)20)17(23)11-4-3-10(21)7-14(11)19;;;1-5(2,3)4/h3-4,7-9,28H,2,5-6H2,1H3;;;(H2,1,2,3,4)/q;2*+1;/p-2. The van der Waals surface area contributed by atoms with Crippen LogP contribution in [0.25, 0.3) is 0 Å². The van der Waals surface area contributed by atoms with Gasteiger partial charge in [0.05, 0.1) is 21.5 Å². The third-order valence-electron chi connectivity index (χ3n) is 3.99. The minimum atomic E-state index is -5.17. The Hall–Kier alpha value is 0.670. The molecule has 0 aromatic heterocycles. The Balaban J connectivity index is 0. The smallest absolute Gasteiger partial charge is 0.759 e. The Labute approximate surface area is 272 Å². The summed E-state index contributed by atoms with van der Waals surface area (Å²) >= 11 is 15.3. The van der Waals surface area contributed by atoms with Crippen LogP contribution in [0.2, 0.25) is 10.0 Å². The first kappa shape index (κ1) is 38.8. The Bertz CT molecular complexity index is 1360. The van der Waals surface area contributed by atoms with E-state index in [-0.39, 0.29) is 108 Å². The summed E-state index contributed by atoms with van der Waals surface area (Å²) in [6.45, 7) is 1.14. The van der Waals surface area contributed by atoms with E-state index in [9.17, 15) is 26.0 Å². The number of carbonyl (C=O) groups is 1. The van der Waals surface area contributed by atoms with Gasteiger partial charge in [0.1, 0.15) is 5.82 Å². The van der Waals surface area contributed by atoms with Gasteiger partial charge in [0.25, 0.3) is 0 Å². The van der Waals surface area contributed by atoms with Crippen molar-refractivity contribution in [2.45, 2.75) is 6.92 Å². The molecule has 2 aromatic rings. The molecule has 36 heavy (non-hydrogen) atoms. The van der Waals surface area contributed by atoms with Gasteiger partial charge in [-0.2, -0.15) is 0 Å².